The van der Waals surface area contributed by atoms with Crippen LogP contribution in [0.25, 0.3) is 0 Å². The van der Waals surface area contributed by atoms with Crippen LogP contribution in [-0.2, 0) is 4.79 Å². The molecular formula is C25H22ClN3O6. The van der Waals surface area contributed by atoms with Crippen molar-refractivity contribution >= 4 is 35.6 Å². The van der Waals surface area contributed by atoms with Crippen LogP contribution in [0.2, 0.25) is 5.02 Å². The summed E-state index contributed by atoms with van der Waals surface area (Å²) in [6.07, 6.45) is 1.38. The summed E-state index contributed by atoms with van der Waals surface area (Å²) in [4.78, 5) is 36.5. The molecule has 2 amide bonds. The Bertz CT molecular complexity index is 1240. The van der Waals surface area contributed by atoms with Gasteiger partial charge in [0.25, 0.3) is 11.8 Å². The summed E-state index contributed by atoms with van der Waals surface area (Å²) in [7, 11) is 2.97. The van der Waals surface area contributed by atoms with E-state index in [1.165, 1.54) is 20.4 Å². The number of nitrogens with one attached hydrogen (secondary N) is 2. The highest BCUT2D eigenvalue weighted by Gasteiger charge is 2.13. The molecule has 0 unspecified atom stereocenters. The first kappa shape index (κ1) is 25.3. The van der Waals surface area contributed by atoms with Crippen LogP contribution in [0.3, 0.4) is 0 Å². The van der Waals surface area contributed by atoms with Crippen molar-refractivity contribution in [3.8, 4) is 17.2 Å². The van der Waals surface area contributed by atoms with Gasteiger partial charge in [0.1, 0.15) is 5.75 Å². The number of hydrogen-bond donors (Lipinski definition) is 2. The molecule has 0 spiro atoms. The molecule has 0 aliphatic rings. The summed E-state index contributed by atoms with van der Waals surface area (Å²) in [6, 6.07) is 17.8. The molecule has 3 aromatic carbocycles. The van der Waals surface area contributed by atoms with E-state index in [9.17, 15) is 14.4 Å². The van der Waals surface area contributed by atoms with Gasteiger partial charge in [0.05, 0.1) is 43.1 Å². The third-order valence-corrected chi connectivity index (χ3v) is 4.98. The van der Waals surface area contributed by atoms with E-state index in [0.717, 1.165) is 0 Å². The average molecular weight is 496 g/mol. The average Bonchev–Trinajstić information content (AvgIpc) is 2.88. The first-order chi connectivity index (χ1) is 16.9. The van der Waals surface area contributed by atoms with Gasteiger partial charge in [-0.2, -0.15) is 5.10 Å². The van der Waals surface area contributed by atoms with Crippen molar-refractivity contribution in [3.63, 3.8) is 0 Å². The van der Waals surface area contributed by atoms with Crippen molar-refractivity contribution in [1.82, 2.24) is 10.7 Å². The summed E-state index contributed by atoms with van der Waals surface area (Å²) in [5, 5.41) is 6.62. The summed E-state index contributed by atoms with van der Waals surface area (Å²) in [5.41, 5.74) is 3.51. The predicted octanol–water partition coefficient (Wildman–Crippen LogP) is 3.46. The Balaban J connectivity index is 1.54. The fourth-order valence-corrected chi connectivity index (χ4v) is 3.08. The number of esters is 1. The molecule has 0 bridgehead atoms. The monoisotopic (exact) mass is 495 g/mol. The molecule has 10 heteroatoms. The Morgan fingerprint density at radius 1 is 0.943 bits per heavy atom. The highest BCUT2D eigenvalue weighted by molar-refractivity contribution is 6.33. The summed E-state index contributed by atoms with van der Waals surface area (Å²) in [5.74, 6) is -0.417. The summed E-state index contributed by atoms with van der Waals surface area (Å²) < 4.78 is 15.8. The van der Waals surface area contributed by atoms with Gasteiger partial charge in [-0.15, -0.1) is 0 Å². The molecule has 0 heterocycles. The van der Waals surface area contributed by atoms with Crippen LogP contribution < -0.4 is 25.0 Å². The fraction of sp³-hybridized carbons (Fsp3) is 0.120. The van der Waals surface area contributed by atoms with Gasteiger partial charge < -0.3 is 19.5 Å². The Morgan fingerprint density at radius 3 is 2.37 bits per heavy atom. The van der Waals surface area contributed by atoms with E-state index in [1.54, 1.807) is 66.7 Å². The molecule has 0 aliphatic carbocycles. The minimum Gasteiger partial charge on any atom is -0.497 e. The van der Waals surface area contributed by atoms with Crippen LogP contribution in [0, 0.1) is 0 Å². The first-order valence-corrected chi connectivity index (χ1v) is 10.7. The van der Waals surface area contributed by atoms with E-state index < -0.39 is 17.8 Å². The standard InChI is InChI=1S/C25H22ClN3O6/c1-33-18-10-8-17(9-11-18)25(32)35-21-12-7-16(13-22(21)34-2)14-28-29-23(30)15-27-24(31)19-5-3-4-6-20(19)26/h3-14H,15H2,1-2H3,(H,27,31)(H,29,30)/b28-14-. The number of carbonyl (C=O) groups excluding carboxylic acids is 3. The zero-order chi connectivity index (χ0) is 25.2. The third-order valence-electron chi connectivity index (χ3n) is 4.65. The molecule has 3 rings (SSSR count). The SMILES string of the molecule is COc1ccc(C(=O)Oc2ccc(/C=N\NC(=O)CNC(=O)c3ccccc3Cl)cc2OC)cc1. The van der Waals surface area contributed by atoms with E-state index in [2.05, 4.69) is 15.8 Å². The third kappa shape index (κ3) is 7.05. The molecule has 0 saturated carbocycles. The summed E-state index contributed by atoms with van der Waals surface area (Å²) >= 11 is 5.96. The van der Waals surface area contributed by atoms with Crippen LogP contribution in [0.4, 0.5) is 0 Å². The van der Waals surface area contributed by atoms with E-state index in [4.69, 9.17) is 25.8 Å². The van der Waals surface area contributed by atoms with Crippen molar-refractivity contribution in [2.24, 2.45) is 5.10 Å². The number of carbonyl (C=O) groups is 3. The predicted molar refractivity (Wildman–Crippen MR) is 130 cm³/mol. The second kappa shape index (κ2) is 12.2. The molecule has 9 nitrogen and oxygen atoms in total. The number of hydrazone groups is 1. The molecule has 0 radical (unpaired) electrons. The summed E-state index contributed by atoms with van der Waals surface area (Å²) in [6.45, 7) is -0.287. The first-order valence-electron chi connectivity index (χ1n) is 10.3. The Labute approximate surface area is 206 Å². The van der Waals surface area contributed by atoms with Gasteiger partial charge in [0.15, 0.2) is 11.5 Å². The lowest BCUT2D eigenvalue weighted by Crippen LogP contribution is -2.35. The number of nitrogens with zero attached hydrogens (tertiary/aromatic N) is 1. The molecule has 35 heavy (non-hydrogen) atoms. The van der Waals surface area contributed by atoms with Crippen molar-refractivity contribution < 1.29 is 28.6 Å². The minimum atomic E-state index is -0.557. The fourth-order valence-electron chi connectivity index (χ4n) is 2.85. The Kier molecular flexibility index (Phi) is 8.80. The Hall–Kier alpha value is -4.37. The second-order valence-electron chi connectivity index (χ2n) is 6.98. The number of methoxy groups -OCH3 is 2. The van der Waals surface area contributed by atoms with Crippen molar-refractivity contribution in [1.29, 1.82) is 0 Å². The maximum atomic E-state index is 12.4. The topological polar surface area (TPSA) is 115 Å². The second-order valence-corrected chi connectivity index (χ2v) is 7.39. The number of ether oxygens (including phenoxy) is 3. The van der Waals surface area contributed by atoms with Crippen LogP contribution in [0.1, 0.15) is 26.3 Å². The zero-order valence-corrected chi connectivity index (χ0v) is 19.7. The molecule has 3 aromatic rings. The number of rotatable bonds is 9. The molecule has 0 saturated heterocycles. The van der Waals surface area contributed by atoms with Crippen molar-refractivity contribution in [2.45, 2.75) is 0 Å². The number of amides is 2. The van der Waals surface area contributed by atoms with Crippen LogP contribution in [-0.4, -0.2) is 44.8 Å². The van der Waals surface area contributed by atoms with E-state index in [1.807, 2.05) is 0 Å². The van der Waals surface area contributed by atoms with Gasteiger partial charge in [-0.1, -0.05) is 23.7 Å². The Morgan fingerprint density at radius 2 is 1.69 bits per heavy atom. The largest absolute Gasteiger partial charge is 0.497 e. The lowest BCUT2D eigenvalue weighted by Gasteiger charge is -2.10. The van der Waals surface area contributed by atoms with Crippen LogP contribution in [0.15, 0.2) is 71.8 Å². The van der Waals surface area contributed by atoms with E-state index in [0.29, 0.717) is 22.6 Å². The molecule has 0 aromatic heterocycles. The van der Waals surface area contributed by atoms with Gasteiger partial charge in [0, 0.05) is 0 Å². The highest BCUT2D eigenvalue weighted by atomic mass is 35.5. The smallest absolute Gasteiger partial charge is 0.343 e. The van der Waals surface area contributed by atoms with E-state index in [-0.39, 0.29) is 22.9 Å². The molecule has 0 atom stereocenters. The lowest BCUT2D eigenvalue weighted by atomic mass is 10.2. The van der Waals surface area contributed by atoms with Crippen molar-refractivity contribution in [3.05, 3.63) is 88.4 Å². The molecule has 180 valence electrons. The minimum absolute atomic E-state index is 0.219. The number of benzene rings is 3. The lowest BCUT2D eigenvalue weighted by molar-refractivity contribution is -0.120. The van der Waals surface area contributed by atoms with Gasteiger partial charge in [0.2, 0.25) is 0 Å². The van der Waals surface area contributed by atoms with Crippen LogP contribution >= 0.6 is 11.6 Å². The maximum absolute atomic E-state index is 12.4. The molecular weight excluding hydrogens is 474 g/mol. The van der Waals surface area contributed by atoms with Crippen molar-refractivity contribution in [2.75, 3.05) is 20.8 Å². The van der Waals surface area contributed by atoms with Gasteiger partial charge in [-0.25, -0.2) is 10.2 Å². The van der Waals surface area contributed by atoms with Gasteiger partial charge in [-0.05, 0) is 60.2 Å². The maximum Gasteiger partial charge on any atom is 0.343 e. The van der Waals surface area contributed by atoms with Crippen LogP contribution in [0.5, 0.6) is 17.2 Å². The normalized spacial score (nSPS) is 10.5. The number of hydrogen-bond acceptors (Lipinski definition) is 7. The van der Waals surface area contributed by atoms with Gasteiger partial charge >= 0.3 is 5.97 Å². The van der Waals surface area contributed by atoms with E-state index >= 15 is 0 Å². The number of halogens is 1. The molecule has 2 N–H and O–H groups in total. The highest BCUT2D eigenvalue weighted by Crippen LogP contribution is 2.28. The quantitative estimate of drug-likeness (QED) is 0.203. The molecule has 0 fully saturated rings. The van der Waals surface area contributed by atoms with Gasteiger partial charge in [-0.3, -0.25) is 9.59 Å². The molecule has 0 aliphatic heterocycles. The zero-order valence-electron chi connectivity index (χ0n) is 18.9.